The lowest BCUT2D eigenvalue weighted by molar-refractivity contribution is -0.157. The number of carbonyl (C=O) groups excluding carboxylic acids is 2. The molecule has 0 radical (unpaired) electrons. The van der Waals surface area contributed by atoms with Crippen LogP contribution in [0, 0.1) is 46.3 Å². The normalized spacial score (nSPS) is 36.3. The van der Waals surface area contributed by atoms with Gasteiger partial charge < -0.3 is 19.7 Å². The van der Waals surface area contributed by atoms with Gasteiger partial charge in [-0.15, -0.1) is 0 Å². The van der Waals surface area contributed by atoms with E-state index in [1.807, 2.05) is 0 Å². The number of fused-ring (bicyclic) bond motifs is 5. The summed E-state index contributed by atoms with van der Waals surface area (Å²) in [6.07, 6.45) is 14.5. The van der Waals surface area contributed by atoms with E-state index < -0.39 is 17.9 Å². The SMILES string of the molecule is C[C@H]([C@H](CCC1CC1)OC(=O)CCC(=O)O)[C@H]1CC[C@H]2[C@@H]3CC=C4C[C@@H](OC(=O)CCC(=O)O)CC[C@]4(C)[C@H]3CC[C@]12C. The van der Waals surface area contributed by atoms with Crippen LogP contribution in [0.15, 0.2) is 11.6 Å². The Labute approximate surface area is 256 Å². The van der Waals surface area contributed by atoms with Crippen molar-refractivity contribution >= 4 is 23.9 Å². The molecule has 5 aliphatic rings. The van der Waals surface area contributed by atoms with Gasteiger partial charge in [0.1, 0.15) is 12.2 Å². The predicted molar refractivity (Wildman–Crippen MR) is 160 cm³/mol. The lowest BCUT2D eigenvalue weighted by atomic mass is 9.47. The van der Waals surface area contributed by atoms with Crippen LogP contribution in [0.5, 0.6) is 0 Å². The molecule has 8 nitrogen and oxygen atoms in total. The van der Waals surface area contributed by atoms with Gasteiger partial charge in [-0.2, -0.15) is 0 Å². The maximum atomic E-state index is 12.7. The molecule has 0 bridgehead atoms. The quantitative estimate of drug-likeness (QED) is 0.172. The summed E-state index contributed by atoms with van der Waals surface area (Å²) in [7, 11) is 0. The monoisotopic (exact) mass is 600 g/mol. The van der Waals surface area contributed by atoms with Crippen LogP contribution >= 0.6 is 0 Å². The third-order valence-corrected chi connectivity index (χ3v) is 12.6. The number of rotatable bonds is 13. The highest BCUT2D eigenvalue weighted by molar-refractivity contribution is 5.77. The summed E-state index contributed by atoms with van der Waals surface area (Å²) in [5.74, 6) is 0.620. The van der Waals surface area contributed by atoms with Crippen molar-refractivity contribution in [2.24, 2.45) is 46.3 Å². The molecule has 0 aromatic rings. The maximum absolute atomic E-state index is 12.7. The molecule has 0 heterocycles. The minimum atomic E-state index is -0.979. The van der Waals surface area contributed by atoms with Crippen molar-refractivity contribution < 1.29 is 38.9 Å². The number of ether oxygens (including phenoxy) is 2. The number of hydrogen-bond acceptors (Lipinski definition) is 6. The van der Waals surface area contributed by atoms with Gasteiger partial charge in [-0.25, -0.2) is 0 Å². The van der Waals surface area contributed by atoms with Gasteiger partial charge in [-0.05, 0) is 104 Å². The molecule has 0 aromatic heterocycles. The summed E-state index contributed by atoms with van der Waals surface area (Å²) in [6, 6.07) is 0. The molecule has 0 aliphatic heterocycles. The van der Waals surface area contributed by atoms with Crippen molar-refractivity contribution in [3.63, 3.8) is 0 Å². The van der Waals surface area contributed by atoms with Crippen molar-refractivity contribution in [2.75, 3.05) is 0 Å². The Balaban J connectivity index is 1.25. The molecule has 5 rings (SSSR count). The standard InChI is InChI=1S/C35H52O8/c1-21(29(11-6-22-4-5-22)43-33(41)15-13-31(38)39)26-9-10-27-25-8-7-23-20-24(42-32(40)14-12-30(36)37)16-18-34(23,2)28(25)17-19-35(26,27)3/h7,21-22,24-29H,4-6,8-20H2,1-3H3,(H,36,37)(H,38,39)/t21-,24-,25-,26+,27-,28-,29-,34-,35+/m0/s1. The van der Waals surface area contributed by atoms with Crippen molar-refractivity contribution in [1.82, 2.24) is 0 Å². The average molecular weight is 601 g/mol. The molecule has 4 fully saturated rings. The molecule has 5 aliphatic carbocycles. The van der Waals surface area contributed by atoms with E-state index in [9.17, 15) is 19.2 Å². The van der Waals surface area contributed by atoms with E-state index in [0.29, 0.717) is 23.7 Å². The third kappa shape index (κ3) is 6.98. The van der Waals surface area contributed by atoms with E-state index in [0.717, 1.165) is 50.9 Å². The second-order valence-electron chi connectivity index (χ2n) is 15.0. The molecule has 240 valence electrons. The van der Waals surface area contributed by atoms with E-state index in [1.54, 1.807) is 0 Å². The maximum Gasteiger partial charge on any atom is 0.306 e. The van der Waals surface area contributed by atoms with Gasteiger partial charge >= 0.3 is 23.9 Å². The van der Waals surface area contributed by atoms with Gasteiger partial charge in [-0.3, -0.25) is 19.2 Å². The summed E-state index contributed by atoms with van der Waals surface area (Å²) in [4.78, 5) is 46.7. The number of carbonyl (C=O) groups is 4. The highest BCUT2D eigenvalue weighted by Gasteiger charge is 2.60. The Bertz CT molecular complexity index is 1110. The number of allylic oxidation sites excluding steroid dienone is 1. The highest BCUT2D eigenvalue weighted by atomic mass is 16.5. The molecule has 0 amide bonds. The third-order valence-electron chi connectivity index (χ3n) is 12.6. The number of hydrogen-bond donors (Lipinski definition) is 2. The molecule has 8 heteroatoms. The zero-order valence-corrected chi connectivity index (χ0v) is 26.4. The highest BCUT2D eigenvalue weighted by Crippen LogP contribution is 2.67. The molecule has 2 N–H and O–H groups in total. The number of carboxylic acid groups (broad SMARTS) is 2. The van der Waals surface area contributed by atoms with Crippen molar-refractivity contribution in [3.8, 4) is 0 Å². The molecule has 0 spiro atoms. The lowest BCUT2D eigenvalue weighted by Gasteiger charge is -2.58. The van der Waals surface area contributed by atoms with E-state index >= 15 is 0 Å². The Kier molecular flexibility index (Phi) is 9.63. The summed E-state index contributed by atoms with van der Waals surface area (Å²) in [6.45, 7) is 7.22. The molecular weight excluding hydrogens is 548 g/mol. The number of aliphatic carboxylic acids is 2. The van der Waals surface area contributed by atoms with Gasteiger partial charge in [0, 0.05) is 6.42 Å². The summed E-state index contributed by atoms with van der Waals surface area (Å²) < 4.78 is 11.8. The van der Waals surface area contributed by atoms with Crippen LogP contribution < -0.4 is 0 Å². The fraction of sp³-hybridized carbons (Fsp3) is 0.829. The van der Waals surface area contributed by atoms with Gasteiger partial charge in [0.15, 0.2) is 0 Å². The number of carboxylic acids is 2. The van der Waals surface area contributed by atoms with Gasteiger partial charge in [0.05, 0.1) is 25.7 Å². The second-order valence-corrected chi connectivity index (χ2v) is 15.0. The van der Waals surface area contributed by atoms with Crippen LogP contribution in [-0.2, 0) is 28.7 Å². The smallest absolute Gasteiger partial charge is 0.306 e. The van der Waals surface area contributed by atoms with Crippen LogP contribution in [0.3, 0.4) is 0 Å². The largest absolute Gasteiger partial charge is 0.481 e. The van der Waals surface area contributed by atoms with Crippen molar-refractivity contribution in [3.05, 3.63) is 11.6 Å². The van der Waals surface area contributed by atoms with Crippen molar-refractivity contribution in [1.29, 1.82) is 0 Å². The molecule has 4 saturated carbocycles. The first-order chi connectivity index (χ1) is 20.4. The minimum Gasteiger partial charge on any atom is -0.481 e. The fourth-order valence-electron chi connectivity index (χ4n) is 10.0. The summed E-state index contributed by atoms with van der Waals surface area (Å²) in [5, 5.41) is 17.9. The molecule has 0 saturated heterocycles. The molecule has 9 atom stereocenters. The lowest BCUT2D eigenvalue weighted by Crippen LogP contribution is -2.51. The Morgan fingerprint density at radius 3 is 2.26 bits per heavy atom. The predicted octanol–water partition coefficient (Wildman–Crippen LogP) is 6.94. The summed E-state index contributed by atoms with van der Waals surface area (Å²) >= 11 is 0. The summed E-state index contributed by atoms with van der Waals surface area (Å²) in [5.41, 5.74) is 1.74. The second kappa shape index (κ2) is 12.9. The van der Waals surface area contributed by atoms with E-state index in [2.05, 4.69) is 26.8 Å². The zero-order chi connectivity index (χ0) is 30.9. The van der Waals surface area contributed by atoms with Crippen LogP contribution in [0.2, 0.25) is 0 Å². The topological polar surface area (TPSA) is 127 Å². The Hall–Kier alpha value is -2.38. The Morgan fingerprint density at radius 1 is 0.884 bits per heavy atom. The fourth-order valence-corrected chi connectivity index (χ4v) is 10.0. The zero-order valence-electron chi connectivity index (χ0n) is 26.4. The molecular formula is C35H52O8. The number of esters is 2. The average Bonchev–Trinajstić information content (AvgIpc) is 3.72. The van der Waals surface area contributed by atoms with Crippen LogP contribution in [0.4, 0.5) is 0 Å². The van der Waals surface area contributed by atoms with E-state index in [1.165, 1.54) is 37.7 Å². The van der Waals surface area contributed by atoms with E-state index in [4.69, 9.17) is 19.7 Å². The molecule has 0 aromatic carbocycles. The first kappa shape index (κ1) is 32.0. The first-order valence-corrected chi connectivity index (χ1v) is 16.9. The van der Waals surface area contributed by atoms with Crippen LogP contribution in [-0.4, -0.2) is 46.3 Å². The molecule has 43 heavy (non-hydrogen) atoms. The van der Waals surface area contributed by atoms with Gasteiger partial charge in [0.25, 0.3) is 0 Å². The van der Waals surface area contributed by atoms with Crippen LogP contribution in [0.1, 0.15) is 124 Å². The van der Waals surface area contributed by atoms with Crippen molar-refractivity contribution in [2.45, 2.75) is 136 Å². The first-order valence-electron chi connectivity index (χ1n) is 16.9. The van der Waals surface area contributed by atoms with Crippen LogP contribution in [0.25, 0.3) is 0 Å². The molecule has 0 unspecified atom stereocenters. The van der Waals surface area contributed by atoms with Gasteiger partial charge in [-0.1, -0.05) is 45.3 Å². The minimum absolute atomic E-state index is 0.0636. The van der Waals surface area contributed by atoms with Gasteiger partial charge in [0.2, 0.25) is 0 Å². The Morgan fingerprint density at radius 2 is 1.58 bits per heavy atom. The van der Waals surface area contributed by atoms with E-state index in [-0.39, 0.29) is 60.6 Å².